The lowest BCUT2D eigenvalue weighted by Crippen LogP contribution is -2.34. The summed E-state index contributed by atoms with van der Waals surface area (Å²) in [6.45, 7) is 2.04. The number of halogens is 1. The molecule has 0 aliphatic heterocycles. The summed E-state index contributed by atoms with van der Waals surface area (Å²) in [5.41, 5.74) is 1.96. The molecule has 0 fully saturated rings. The molecule has 0 spiro atoms. The highest BCUT2D eigenvalue weighted by Gasteiger charge is 2.14. The molecule has 3 aromatic rings. The molecule has 2 aromatic carbocycles. The zero-order valence-corrected chi connectivity index (χ0v) is 15.3. The number of carbonyl (C=O) groups excluding carboxylic acids is 2. The lowest BCUT2D eigenvalue weighted by atomic mass is 10.2. The Morgan fingerprint density at radius 3 is 2.79 bits per heavy atom. The monoisotopic (exact) mass is 382 g/mol. The molecular formula is C21H19FN2O4. The minimum Gasteiger partial charge on any atom is -0.452 e. The summed E-state index contributed by atoms with van der Waals surface area (Å²) >= 11 is 0. The number of oxazole rings is 1. The standard InChI is InChI=1S/C21H19FN2O4/c1-2-24(13-15-6-5-7-16(22)12-15)20(25)14-27-21(26)11-10-19-23-17-8-3-4-9-18(17)28-19/h3-12H,2,13-14H2,1H3/b11-10+. The Morgan fingerprint density at radius 2 is 2.04 bits per heavy atom. The average molecular weight is 382 g/mol. The molecular weight excluding hydrogens is 363 g/mol. The van der Waals surface area contributed by atoms with Gasteiger partial charge in [0.1, 0.15) is 11.3 Å². The fourth-order valence-electron chi connectivity index (χ4n) is 2.60. The number of amides is 1. The van der Waals surface area contributed by atoms with Crippen molar-refractivity contribution >= 4 is 29.1 Å². The highest BCUT2D eigenvalue weighted by atomic mass is 19.1. The minimum absolute atomic E-state index is 0.239. The van der Waals surface area contributed by atoms with E-state index < -0.39 is 12.6 Å². The number of aromatic nitrogens is 1. The third-order valence-corrected chi connectivity index (χ3v) is 4.01. The molecule has 0 radical (unpaired) electrons. The molecule has 0 N–H and O–H groups in total. The lowest BCUT2D eigenvalue weighted by Gasteiger charge is -2.20. The highest BCUT2D eigenvalue weighted by Crippen LogP contribution is 2.15. The number of carbonyl (C=O) groups is 2. The number of rotatable bonds is 7. The Labute approximate surface area is 161 Å². The van der Waals surface area contributed by atoms with Crippen LogP contribution in [0.15, 0.2) is 59.0 Å². The first-order valence-electron chi connectivity index (χ1n) is 8.78. The van der Waals surface area contributed by atoms with Crippen molar-refractivity contribution in [3.8, 4) is 0 Å². The number of hydrogen-bond acceptors (Lipinski definition) is 5. The van der Waals surface area contributed by atoms with E-state index in [1.165, 1.54) is 23.1 Å². The predicted molar refractivity (Wildman–Crippen MR) is 101 cm³/mol. The number of nitrogens with zero attached hydrogens (tertiary/aromatic N) is 2. The van der Waals surface area contributed by atoms with E-state index in [9.17, 15) is 14.0 Å². The Morgan fingerprint density at radius 1 is 1.21 bits per heavy atom. The smallest absolute Gasteiger partial charge is 0.331 e. The highest BCUT2D eigenvalue weighted by molar-refractivity contribution is 5.89. The molecule has 0 bridgehead atoms. The molecule has 3 rings (SSSR count). The van der Waals surface area contributed by atoms with Crippen LogP contribution in [-0.2, 0) is 20.9 Å². The second-order valence-corrected chi connectivity index (χ2v) is 6.00. The van der Waals surface area contributed by atoms with Gasteiger partial charge in [0.25, 0.3) is 5.91 Å². The van der Waals surface area contributed by atoms with Crippen molar-refractivity contribution in [3.05, 3.63) is 71.9 Å². The molecule has 0 atom stereocenters. The molecule has 0 aliphatic rings. The van der Waals surface area contributed by atoms with E-state index in [2.05, 4.69) is 4.98 Å². The number of fused-ring (bicyclic) bond motifs is 1. The first-order valence-corrected chi connectivity index (χ1v) is 8.78. The van der Waals surface area contributed by atoms with Crippen LogP contribution < -0.4 is 0 Å². The normalized spacial score (nSPS) is 11.1. The quantitative estimate of drug-likeness (QED) is 0.461. The maximum absolute atomic E-state index is 13.3. The third kappa shape index (κ3) is 5.03. The van der Waals surface area contributed by atoms with E-state index in [-0.39, 0.29) is 24.2 Å². The maximum Gasteiger partial charge on any atom is 0.331 e. The van der Waals surface area contributed by atoms with Crippen LogP contribution in [0.1, 0.15) is 18.4 Å². The first-order chi connectivity index (χ1) is 13.5. The number of esters is 1. The van der Waals surface area contributed by atoms with Crippen molar-refractivity contribution in [3.63, 3.8) is 0 Å². The summed E-state index contributed by atoms with van der Waals surface area (Å²) in [6, 6.07) is 13.2. The fraction of sp³-hybridized carbons (Fsp3) is 0.190. The van der Waals surface area contributed by atoms with Crippen molar-refractivity contribution in [2.45, 2.75) is 13.5 Å². The van der Waals surface area contributed by atoms with Crippen LogP contribution in [0.5, 0.6) is 0 Å². The van der Waals surface area contributed by atoms with Crippen molar-refractivity contribution < 1.29 is 23.1 Å². The van der Waals surface area contributed by atoms with Gasteiger partial charge in [-0.25, -0.2) is 14.2 Å². The number of benzene rings is 2. The van der Waals surface area contributed by atoms with Gasteiger partial charge in [-0.05, 0) is 36.8 Å². The zero-order chi connectivity index (χ0) is 19.9. The summed E-state index contributed by atoms with van der Waals surface area (Å²) in [7, 11) is 0. The Hall–Kier alpha value is -3.48. The molecule has 1 amide bonds. The molecule has 0 unspecified atom stereocenters. The van der Waals surface area contributed by atoms with E-state index in [0.29, 0.717) is 23.2 Å². The van der Waals surface area contributed by atoms with E-state index >= 15 is 0 Å². The average Bonchev–Trinajstić information content (AvgIpc) is 3.11. The van der Waals surface area contributed by atoms with Gasteiger partial charge in [0, 0.05) is 25.2 Å². The van der Waals surface area contributed by atoms with E-state index in [0.717, 1.165) is 6.08 Å². The maximum atomic E-state index is 13.3. The molecule has 7 heteroatoms. The molecule has 0 saturated heterocycles. The Balaban J connectivity index is 1.52. The summed E-state index contributed by atoms with van der Waals surface area (Å²) in [5.74, 6) is -1.14. The summed E-state index contributed by atoms with van der Waals surface area (Å²) in [5, 5.41) is 0. The minimum atomic E-state index is -0.683. The van der Waals surface area contributed by atoms with E-state index in [1.807, 2.05) is 12.1 Å². The van der Waals surface area contributed by atoms with Gasteiger partial charge in [-0.1, -0.05) is 24.3 Å². The van der Waals surface area contributed by atoms with Gasteiger partial charge in [0.2, 0.25) is 5.89 Å². The molecule has 6 nitrogen and oxygen atoms in total. The summed E-state index contributed by atoms with van der Waals surface area (Å²) < 4.78 is 23.7. The van der Waals surface area contributed by atoms with Crippen LogP contribution in [0.25, 0.3) is 17.2 Å². The SMILES string of the molecule is CCN(Cc1cccc(F)c1)C(=O)COC(=O)/C=C/c1nc2ccccc2o1. The summed E-state index contributed by atoms with van der Waals surface area (Å²) in [4.78, 5) is 29.8. The van der Waals surface area contributed by atoms with Crippen LogP contribution >= 0.6 is 0 Å². The topological polar surface area (TPSA) is 72.6 Å². The number of ether oxygens (including phenoxy) is 1. The van der Waals surface area contributed by atoms with Crippen molar-refractivity contribution in [1.82, 2.24) is 9.88 Å². The first kappa shape index (κ1) is 19.3. The number of hydrogen-bond donors (Lipinski definition) is 0. The van der Waals surface area contributed by atoms with Gasteiger partial charge in [-0.15, -0.1) is 0 Å². The van der Waals surface area contributed by atoms with Crippen molar-refractivity contribution in [2.75, 3.05) is 13.2 Å². The fourth-order valence-corrected chi connectivity index (χ4v) is 2.60. The second kappa shape index (κ2) is 8.94. The van der Waals surface area contributed by atoms with Gasteiger partial charge in [-0.2, -0.15) is 0 Å². The van der Waals surface area contributed by atoms with Gasteiger partial charge >= 0.3 is 5.97 Å². The molecule has 1 aromatic heterocycles. The molecule has 1 heterocycles. The molecule has 144 valence electrons. The van der Waals surface area contributed by atoms with Crippen LogP contribution in [0.3, 0.4) is 0 Å². The third-order valence-electron chi connectivity index (χ3n) is 4.01. The predicted octanol–water partition coefficient (Wildman–Crippen LogP) is 3.57. The van der Waals surface area contributed by atoms with Gasteiger partial charge in [0.15, 0.2) is 12.2 Å². The van der Waals surface area contributed by atoms with Crippen LogP contribution in [0.4, 0.5) is 4.39 Å². The Kier molecular flexibility index (Phi) is 6.16. The number of para-hydroxylation sites is 2. The van der Waals surface area contributed by atoms with Crippen LogP contribution in [0.2, 0.25) is 0 Å². The Bertz CT molecular complexity index is 979. The van der Waals surface area contributed by atoms with E-state index in [4.69, 9.17) is 9.15 Å². The largest absolute Gasteiger partial charge is 0.452 e. The molecule has 0 saturated carbocycles. The summed E-state index contributed by atoms with van der Waals surface area (Å²) in [6.07, 6.45) is 2.54. The molecule has 0 aliphatic carbocycles. The van der Waals surface area contributed by atoms with Crippen LogP contribution in [0, 0.1) is 5.82 Å². The molecule has 28 heavy (non-hydrogen) atoms. The van der Waals surface area contributed by atoms with Crippen LogP contribution in [-0.4, -0.2) is 34.9 Å². The van der Waals surface area contributed by atoms with Crippen molar-refractivity contribution in [2.24, 2.45) is 0 Å². The van der Waals surface area contributed by atoms with Gasteiger partial charge < -0.3 is 14.1 Å². The lowest BCUT2D eigenvalue weighted by molar-refractivity contribution is -0.148. The van der Waals surface area contributed by atoms with Gasteiger partial charge in [0.05, 0.1) is 0 Å². The number of likely N-dealkylation sites (N-methyl/N-ethyl adjacent to an activating group) is 1. The zero-order valence-electron chi connectivity index (χ0n) is 15.3. The van der Waals surface area contributed by atoms with Gasteiger partial charge in [-0.3, -0.25) is 4.79 Å². The van der Waals surface area contributed by atoms with E-state index in [1.54, 1.807) is 31.2 Å². The van der Waals surface area contributed by atoms with Crippen molar-refractivity contribution in [1.29, 1.82) is 0 Å². The second-order valence-electron chi connectivity index (χ2n) is 6.00.